The molecular formula is C14H25N3O3. The van der Waals surface area contributed by atoms with Crippen molar-refractivity contribution in [1.29, 1.82) is 0 Å². The largest absolute Gasteiger partial charge is 0.469 e. The number of methoxy groups -OCH3 is 1. The second-order valence-corrected chi connectivity index (χ2v) is 5.54. The van der Waals surface area contributed by atoms with Gasteiger partial charge in [0.25, 0.3) is 0 Å². The topological polar surface area (TPSA) is 63.2 Å². The summed E-state index contributed by atoms with van der Waals surface area (Å²) >= 11 is 0. The molecule has 0 saturated carbocycles. The zero-order valence-electron chi connectivity index (χ0n) is 12.5. The zero-order valence-corrected chi connectivity index (χ0v) is 12.5. The van der Waals surface area contributed by atoms with E-state index in [-0.39, 0.29) is 5.97 Å². The quantitative estimate of drug-likeness (QED) is 0.466. The lowest BCUT2D eigenvalue weighted by molar-refractivity contribution is -0.140. The van der Waals surface area contributed by atoms with E-state index in [1.165, 1.54) is 7.11 Å². The second-order valence-electron chi connectivity index (χ2n) is 5.54. The van der Waals surface area contributed by atoms with Gasteiger partial charge in [-0.1, -0.05) is 0 Å². The van der Waals surface area contributed by atoms with E-state index in [1.54, 1.807) is 0 Å². The Hall–Kier alpha value is -1.30. The molecule has 0 bridgehead atoms. The van der Waals surface area contributed by atoms with E-state index in [1.807, 2.05) is 0 Å². The summed E-state index contributed by atoms with van der Waals surface area (Å²) in [5.74, 6) is 0.687. The summed E-state index contributed by atoms with van der Waals surface area (Å²) in [6.07, 6.45) is 2.63. The molecule has 2 aliphatic rings. The molecule has 0 aromatic rings. The van der Waals surface area contributed by atoms with Crippen LogP contribution in [0.5, 0.6) is 0 Å². The van der Waals surface area contributed by atoms with Crippen LogP contribution in [0, 0.1) is 5.41 Å². The minimum atomic E-state index is -0.216. The molecule has 20 heavy (non-hydrogen) atoms. The summed E-state index contributed by atoms with van der Waals surface area (Å²) in [7, 11) is 1.40. The van der Waals surface area contributed by atoms with E-state index in [0.717, 1.165) is 51.6 Å². The Balaban J connectivity index is 1.91. The van der Waals surface area contributed by atoms with Crippen LogP contribution >= 0.6 is 0 Å². The molecule has 2 aliphatic heterocycles. The number of aliphatic imine (C=N–C) groups is 1. The van der Waals surface area contributed by atoms with Crippen LogP contribution in [0.3, 0.4) is 0 Å². The van der Waals surface area contributed by atoms with E-state index in [9.17, 15) is 4.79 Å². The zero-order chi connectivity index (χ0) is 14.4. The summed E-state index contributed by atoms with van der Waals surface area (Å²) in [4.78, 5) is 17.9. The number of guanidine groups is 1. The minimum absolute atomic E-state index is 0.216. The minimum Gasteiger partial charge on any atom is -0.469 e. The van der Waals surface area contributed by atoms with Gasteiger partial charge in [-0.15, -0.1) is 0 Å². The molecule has 1 spiro atoms. The van der Waals surface area contributed by atoms with Gasteiger partial charge < -0.3 is 19.7 Å². The van der Waals surface area contributed by atoms with Gasteiger partial charge in [-0.05, 0) is 19.8 Å². The van der Waals surface area contributed by atoms with E-state index >= 15 is 0 Å². The number of carbonyl (C=O) groups is 1. The SMILES string of the molecule is CCNC(=NCCC(=O)OC)N1CCC2(CCOC2)C1. The molecule has 6 nitrogen and oxygen atoms in total. The van der Waals surface area contributed by atoms with Gasteiger partial charge in [-0.25, -0.2) is 0 Å². The highest BCUT2D eigenvalue weighted by molar-refractivity contribution is 5.80. The van der Waals surface area contributed by atoms with Crippen molar-refractivity contribution in [2.75, 3.05) is 46.5 Å². The fourth-order valence-electron chi connectivity index (χ4n) is 2.87. The average molecular weight is 283 g/mol. The van der Waals surface area contributed by atoms with Crippen molar-refractivity contribution in [1.82, 2.24) is 10.2 Å². The van der Waals surface area contributed by atoms with Gasteiger partial charge in [0, 0.05) is 31.7 Å². The summed E-state index contributed by atoms with van der Waals surface area (Å²) < 4.78 is 10.2. The normalized spacial score (nSPS) is 26.3. The van der Waals surface area contributed by atoms with Crippen LogP contribution < -0.4 is 5.32 Å². The van der Waals surface area contributed by atoms with Crippen molar-refractivity contribution in [3.63, 3.8) is 0 Å². The number of esters is 1. The molecule has 2 fully saturated rings. The van der Waals surface area contributed by atoms with Crippen LogP contribution in [0.1, 0.15) is 26.2 Å². The molecular weight excluding hydrogens is 258 g/mol. The van der Waals surface area contributed by atoms with Gasteiger partial charge in [-0.2, -0.15) is 0 Å². The third kappa shape index (κ3) is 3.62. The Morgan fingerprint density at radius 2 is 2.35 bits per heavy atom. The van der Waals surface area contributed by atoms with Gasteiger partial charge in [0.2, 0.25) is 0 Å². The second kappa shape index (κ2) is 6.92. The number of carbonyl (C=O) groups excluding carboxylic acids is 1. The smallest absolute Gasteiger partial charge is 0.307 e. The lowest BCUT2D eigenvalue weighted by Crippen LogP contribution is -2.41. The monoisotopic (exact) mass is 283 g/mol. The lowest BCUT2D eigenvalue weighted by Gasteiger charge is -2.24. The Morgan fingerprint density at radius 1 is 1.50 bits per heavy atom. The van der Waals surface area contributed by atoms with Crippen LogP contribution in [0.2, 0.25) is 0 Å². The van der Waals surface area contributed by atoms with E-state index < -0.39 is 0 Å². The van der Waals surface area contributed by atoms with Crippen molar-refractivity contribution >= 4 is 11.9 Å². The highest BCUT2D eigenvalue weighted by atomic mass is 16.5. The summed E-state index contributed by atoms with van der Waals surface area (Å²) in [6.45, 7) is 7.10. The highest BCUT2D eigenvalue weighted by Gasteiger charge is 2.42. The summed E-state index contributed by atoms with van der Waals surface area (Å²) in [6, 6.07) is 0. The predicted octanol–water partition coefficient (Wildman–Crippen LogP) is 0.627. The van der Waals surface area contributed by atoms with Crippen LogP contribution in [-0.4, -0.2) is 63.3 Å². The van der Waals surface area contributed by atoms with Crippen molar-refractivity contribution in [2.45, 2.75) is 26.2 Å². The standard InChI is InChI=1S/C14H25N3O3/c1-3-15-13(16-7-4-12(18)19-2)17-8-5-14(10-17)6-9-20-11-14/h3-11H2,1-2H3,(H,15,16). The Labute approximate surface area is 120 Å². The number of ether oxygens (including phenoxy) is 2. The van der Waals surface area contributed by atoms with Crippen molar-refractivity contribution in [2.24, 2.45) is 10.4 Å². The third-order valence-electron chi connectivity index (χ3n) is 4.06. The van der Waals surface area contributed by atoms with Crippen LogP contribution in [0.15, 0.2) is 4.99 Å². The molecule has 114 valence electrons. The lowest BCUT2D eigenvalue weighted by atomic mass is 9.87. The Kier molecular flexibility index (Phi) is 5.23. The number of hydrogen-bond donors (Lipinski definition) is 1. The number of nitrogens with one attached hydrogen (secondary N) is 1. The van der Waals surface area contributed by atoms with Crippen LogP contribution in [-0.2, 0) is 14.3 Å². The number of hydrogen-bond acceptors (Lipinski definition) is 4. The predicted molar refractivity (Wildman–Crippen MR) is 76.7 cm³/mol. The summed E-state index contributed by atoms with van der Waals surface area (Å²) in [5, 5.41) is 3.31. The Morgan fingerprint density at radius 3 is 3.00 bits per heavy atom. The van der Waals surface area contributed by atoms with Gasteiger partial charge >= 0.3 is 5.97 Å². The van der Waals surface area contributed by atoms with Gasteiger partial charge in [-0.3, -0.25) is 9.79 Å². The molecule has 2 rings (SSSR count). The van der Waals surface area contributed by atoms with Gasteiger partial charge in [0.15, 0.2) is 5.96 Å². The molecule has 1 atom stereocenters. The van der Waals surface area contributed by atoms with Gasteiger partial charge in [0.1, 0.15) is 0 Å². The first kappa shape index (κ1) is 15.1. The Bertz CT molecular complexity index is 365. The van der Waals surface area contributed by atoms with E-state index in [0.29, 0.717) is 18.4 Å². The molecule has 1 unspecified atom stereocenters. The van der Waals surface area contributed by atoms with Crippen LogP contribution in [0.4, 0.5) is 0 Å². The number of rotatable bonds is 4. The molecule has 0 amide bonds. The molecule has 2 heterocycles. The number of likely N-dealkylation sites (tertiary alicyclic amines) is 1. The molecule has 1 N–H and O–H groups in total. The van der Waals surface area contributed by atoms with E-state index in [2.05, 4.69) is 26.9 Å². The first-order valence-electron chi connectivity index (χ1n) is 7.37. The maximum atomic E-state index is 11.1. The van der Waals surface area contributed by atoms with Crippen molar-refractivity contribution in [3.8, 4) is 0 Å². The maximum absolute atomic E-state index is 11.1. The molecule has 0 aromatic carbocycles. The fourth-order valence-corrected chi connectivity index (χ4v) is 2.87. The molecule has 0 aromatic heterocycles. The molecule has 0 radical (unpaired) electrons. The molecule has 6 heteroatoms. The average Bonchev–Trinajstić information content (AvgIpc) is 3.08. The first-order valence-corrected chi connectivity index (χ1v) is 7.37. The third-order valence-corrected chi connectivity index (χ3v) is 4.06. The van der Waals surface area contributed by atoms with E-state index in [4.69, 9.17) is 4.74 Å². The highest BCUT2D eigenvalue weighted by Crippen LogP contribution is 2.38. The maximum Gasteiger partial charge on any atom is 0.307 e. The molecule has 0 aliphatic carbocycles. The van der Waals surface area contributed by atoms with Crippen molar-refractivity contribution in [3.05, 3.63) is 0 Å². The van der Waals surface area contributed by atoms with Crippen LogP contribution in [0.25, 0.3) is 0 Å². The van der Waals surface area contributed by atoms with Crippen molar-refractivity contribution < 1.29 is 14.3 Å². The fraction of sp³-hybridized carbons (Fsp3) is 0.857. The first-order chi connectivity index (χ1) is 9.69. The summed E-state index contributed by atoms with van der Waals surface area (Å²) in [5.41, 5.74) is 0.318. The number of nitrogens with zero attached hydrogens (tertiary/aromatic N) is 2. The van der Waals surface area contributed by atoms with Gasteiger partial charge in [0.05, 0.1) is 26.7 Å². The molecule has 2 saturated heterocycles.